The molecular weight excluding hydrogens is 873 g/mol. The molecular formula is C60H100N4O6. The van der Waals surface area contributed by atoms with Gasteiger partial charge in [0.15, 0.2) is 0 Å². The maximum atomic E-state index is 15.2. The average molecular weight is 973 g/mol. The predicted octanol–water partition coefficient (Wildman–Crippen LogP) is 15.2. The second-order valence-corrected chi connectivity index (χ2v) is 26.7. The van der Waals surface area contributed by atoms with E-state index < -0.39 is 22.8 Å². The molecule has 3 aliphatic rings. The minimum absolute atomic E-state index is 0.112. The van der Waals surface area contributed by atoms with Crippen molar-refractivity contribution in [1.82, 2.24) is 10.3 Å². The highest BCUT2D eigenvalue weighted by molar-refractivity contribution is 6.26. The molecule has 4 rings (SSSR count). The Balaban J connectivity index is 2.00. The Hall–Kier alpha value is -3.69. The number of rotatable bonds is 14. The third kappa shape index (κ3) is 12.0. The first kappa shape index (κ1) is 58.9. The summed E-state index contributed by atoms with van der Waals surface area (Å²) in [5.41, 5.74) is 1.62. The van der Waals surface area contributed by atoms with Crippen molar-refractivity contribution in [3.05, 3.63) is 33.7 Å². The third-order valence-corrected chi connectivity index (χ3v) is 18.2. The van der Waals surface area contributed by atoms with Gasteiger partial charge in [-0.1, -0.05) is 138 Å². The number of esters is 2. The second-order valence-electron chi connectivity index (χ2n) is 26.7. The standard InChI is InChI=1S/C60H100N4O6/c1-24-59(25-2,26-3)53(67)63-49-43(51(65)69-47-39(55(12,13)14)30-34(7)31-40(47)56(15,16)17)36(9)45(61-49)38(11)46-37(10)44(50(62-46)64-54(68)60(27-4,28-5)29-6)52(66)70-48-41(57(18,19)20)32-35(8)33-42(48)58(21,22)23/h34-35,39-42,47-48,61H,24-33H2,1-23H3,(H,63,67)(H,62,64,68)/b46-38-. The van der Waals surface area contributed by atoms with Crippen LogP contribution < -0.4 is 10.6 Å². The quantitative estimate of drug-likeness (QED) is 0.159. The molecule has 4 atom stereocenters. The van der Waals surface area contributed by atoms with E-state index in [0.29, 0.717) is 78.5 Å². The number of hydrogen-bond donors (Lipinski definition) is 3. The molecule has 0 saturated heterocycles. The number of aliphatic imine (C=N–C) groups is 1. The smallest absolute Gasteiger partial charge is 0.342 e. The van der Waals surface area contributed by atoms with Crippen molar-refractivity contribution in [3.63, 3.8) is 0 Å². The highest BCUT2D eigenvalue weighted by atomic mass is 16.5. The van der Waals surface area contributed by atoms with Crippen molar-refractivity contribution in [2.24, 2.45) is 73.0 Å². The summed E-state index contributed by atoms with van der Waals surface area (Å²) >= 11 is 0. The number of nitrogens with zero attached hydrogens (tertiary/aromatic N) is 1. The summed E-state index contributed by atoms with van der Waals surface area (Å²) in [5, 5.41) is 6.38. The van der Waals surface area contributed by atoms with Gasteiger partial charge < -0.3 is 25.1 Å². The zero-order valence-corrected chi connectivity index (χ0v) is 48.6. The van der Waals surface area contributed by atoms with Crippen LogP contribution in [0.25, 0.3) is 5.57 Å². The zero-order valence-electron chi connectivity index (χ0n) is 48.6. The van der Waals surface area contributed by atoms with E-state index in [2.05, 4.69) is 113 Å². The van der Waals surface area contributed by atoms with Crippen LogP contribution in [0.5, 0.6) is 0 Å². The van der Waals surface area contributed by atoms with Gasteiger partial charge in [-0.15, -0.1) is 0 Å². The van der Waals surface area contributed by atoms with Crippen LogP contribution in [0.2, 0.25) is 0 Å². The molecule has 396 valence electrons. The van der Waals surface area contributed by atoms with Gasteiger partial charge in [0.2, 0.25) is 11.8 Å². The van der Waals surface area contributed by atoms with Crippen molar-refractivity contribution in [1.29, 1.82) is 0 Å². The first-order valence-electron chi connectivity index (χ1n) is 27.4. The van der Waals surface area contributed by atoms with Crippen LogP contribution in [-0.4, -0.2) is 46.8 Å². The Morgan fingerprint density at radius 3 is 1.26 bits per heavy atom. The van der Waals surface area contributed by atoms with Crippen LogP contribution in [0.4, 0.5) is 5.82 Å². The van der Waals surface area contributed by atoms with E-state index in [1.165, 1.54) is 0 Å². The number of aromatic amines is 1. The lowest BCUT2D eigenvalue weighted by Gasteiger charge is -2.50. The fraction of sp³-hybridized carbons (Fsp3) is 0.783. The Bertz CT molecular complexity index is 2100. The Kier molecular flexibility index (Phi) is 18.3. The first-order chi connectivity index (χ1) is 32.1. The van der Waals surface area contributed by atoms with Gasteiger partial charge in [0.25, 0.3) is 0 Å². The topological polar surface area (TPSA) is 139 Å². The minimum atomic E-state index is -0.654. The van der Waals surface area contributed by atoms with Gasteiger partial charge >= 0.3 is 11.9 Å². The lowest BCUT2D eigenvalue weighted by molar-refractivity contribution is -0.164. The molecule has 10 nitrogen and oxygen atoms in total. The predicted molar refractivity (Wildman–Crippen MR) is 289 cm³/mol. The van der Waals surface area contributed by atoms with E-state index in [-0.39, 0.29) is 92.1 Å². The second kappa shape index (κ2) is 21.8. The van der Waals surface area contributed by atoms with Crippen molar-refractivity contribution >= 4 is 41.0 Å². The average Bonchev–Trinajstić information content (AvgIpc) is 3.76. The molecule has 2 amide bonds. The maximum Gasteiger partial charge on any atom is 0.342 e. The lowest BCUT2D eigenvalue weighted by Crippen LogP contribution is -2.50. The molecule has 1 aromatic rings. The van der Waals surface area contributed by atoms with Crippen molar-refractivity contribution in [2.45, 2.75) is 236 Å². The van der Waals surface area contributed by atoms with Gasteiger partial charge in [-0.2, -0.15) is 0 Å². The normalized spacial score (nSPS) is 25.9. The molecule has 2 aliphatic carbocycles. The Labute approximate surface area is 426 Å². The molecule has 4 unspecified atom stereocenters. The zero-order chi connectivity index (χ0) is 53.4. The lowest BCUT2D eigenvalue weighted by atomic mass is 9.59. The number of aromatic nitrogens is 1. The summed E-state index contributed by atoms with van der Waals surface area (Å²) in [5.74, 6) is 0.550. The Morgan fingerprint density at radius 1 is 0.571 bits per heavy atom. The van der Waals surface area contributed by atoms with Gasteiger partial charge in [0.05, 0.1) is 5.70 Å². The summed E-state index contributed by atoms with van der Waals surface area (Å²) in [6, 6.07) is 0. The number of amides is 2. The monoisotopic (exact) mass is 973 g/mol. The van der Waals surface area contributed by atoms with E-state index >= 15 is 9.59 Å². The van der Waals surface area contributed by atoms with E-state index in [1.54, 1.807) is 0 Å². The number of H-pyrrole nitrogens is 1. The summed E-state index contributed by atoms with van der Waals surface area (Å²) in [4.78, 5) is 67.9. The van der Waals surface area contributed by atoms with Gasteiger partial charge in [-0.05, 0) is 135 Å². The summed E-state index contributed by atoms with van der Waals surface area (Å²) in [6.45, 7) is 49.3. The number of carbonyl (C=O) groups excluding carboxylic acids is 4. The maximum absolute atomic E-state index is 15.2. The molecule has 70 heavy (non-hydrogen) atoms. The molecule has 0 spiro atoms. The van der Waals surface area contributed by atoms with Crippen LogP contribution in [0, 0.1) is 74.9 Å². The molecule has 1 aromatic heterocycles. The molecule has 1 aliphatic heterocycles. The van der Waals surface area contributed by atoms with E-state index in [1.807, 2.05) is 62.3 Å². The largest absolute Gasteiger partial charge is 0.458 e. The first-order valence-corrected chi connectivity index (χ1v) is 27.4. The highest BCUT2D eigenvalue weighted by Gasteiger charge is 2.51. The molecule has 0 aromatic carbocycles. The van der Waals surface area contributed by atoms with Gasteiger partial charge in [-0.3, -0.25) is 9.59 Å². The fourth-order valence-electron chi connectivity index (χ4n) is 12.7. The van der Waals surface area contributed by atoms with Gasteiger partial charge in [0.1, 0.15) is 35.0 Å². The van der Waals surface area contributed by atoms with Crippen molar-refractivity contribution in [2.75, 3.05) is 5.32 Å². The van der Waals surface area contributed by atoms with Gasteiger partial charge in [0, 0.05) is 40.2 Å². The number of allylic oxidation sites excluding steroid dienone is 2. The molecule has 0 radical (unpaired) electrons. The number of hydrogen-bond acceptors (Lipinski definition) is 7. The van der Waals surface area contributed by atoms with Crippen LogP contribution in [-0.2, 0) is 23.9 Å². The third-order valence-electron chi connectivity index (χ3n) is 18.2. The molecule has 2 saturated carbocycles. The minimum Gasteiger partial charge on any atom is -0.458 e. The summed E-state index contributed by atoms with van der Waals surface area (Å²) in [7, 11) is 0. The van der Waals surface area contributed by atoms with Crippen LogP contribution >= 0.6 is 0 Å². The number of amidine groups is 1. The molecule has 2 fully saturated rings. The SMILES string of the molecule is CCC(CC)(CC)C(=O)NC1=N/C(=C(/C)c2[nH]c(NC(=O)C(CC)(CC)CC)c(C(=O)OC3C(C(C)(C)C)CC(C)CC3C(C)(C)C)c2C)C(C)=C1C(=O)OC1C(C(C)(C)C)CC(C)CC1C(C)(C)C. The van der Waals surface area contributed by atoms with Crippen LogP contribution in [0.3, 0.4) is 0 Å². The van der Waals surface area contributed by atoms with Crippen LogP contribution in [0.15, 0.2) is 21.8 Å². The fourth-order valence-corrected chi connectivity index (χ4v) is 12.7. The number of anilines is 1. The van der Waals surface area contributed by atoms with E-state index in [0.717, 1.165) is 25.7 Å². The summed E-state index contributed by atoms with van der Waals surface area (Å²) < 4.78 is 13.7. The van der Waals surface area contributed by atoms with Crippen molar-refractivity contribution < 1.29 is 28.7 Å². The van der Waals surface area contributed by atoms with E-state index in [9.17, 15) is 9.59 Å². The molecule has 3 N–H and O–H groups in total. The molecule has 0 bridgehead atoms. The highest BCUT2D eigenvalue weighted by Crippen LogP contribution is 2.52. The van der Waals surface area contributed by atoms with Crippen LogP contribution in [0.1, 0.15) is 238 Å². The van der Waals surface area contributed by atoms with Crippen molar-refractivity contribution in [3.8, 4) is 0 Å². The molecule has 2 heterocycles. The molecule has 10 heteroatoms. The Morgan fingerprint density at radius 2 is 0.914 bits per heavy atom. The number of nitrogens with one attached hydrogen (secondary N) is 3. The van der Waals surface area contributed by atoms with Gasteiger partial charge in [-0.25, -0.2) is 14.6 Å². The number of carbonyl (C=O) groups is 4. The summed E-state index contributed by atoms with van der Waals surface area (Å²) in [6.07, 6.45) is 6.86. The van der Waals surface area contributed by atoms with E-state index in [4.69, 9.17) is 14.5 Å². The number of ether oxygens (including phenoxy) is 2.